The van der Waals surface area contributed by atoms with E-state index in [-0.39, 0.29) is 11.8 Å². The van der Waals surface area contributed by atoms with Gasteiger partial charge in [-0.25, -0.2) is 0 Å². The second kappa shape index (κ2) is 5.58. The zero-order valence-corrected chi connectivity index (χ0v) is 13.8. The fourth-order valence-corrected chi connectivity index (χ4v) is 3.47. The summed E-state index contributed by atoms with van der Waals surface area (Å²) in [6.45, 7) is 6.45. The molecule has 0 bridgehead atoms. The van der Waals surface area contributed by atoms with Crippen molar-refractivity contribution in [1.29, 1.82) is 0 Å². The molecule has 1 N–H and O–H groups in total. The summed E-state index contributed by atoms with van der Waals surface area (Å²) in [7, 11) is 0. The van der Waals surface area contributed by atoms with Crippen molar-refractivity contribution in [2.45, 2.75) is 57.5 Å². The molecule has 1 heterocycles. The van der Waals surface area contributed by atoms with Crippen molar-refractivity contribution in [2.75, 3.05) is 18.6 Å². The Kier molecular flexibility index (Phi) is 4.38. The van der Waals surface area contributed by atoms with Crippen molar-refractivity contribution in [3.8, 4) is 0 Å². The molecule has 0 aromatic heterocycles. The molecule has 2 rings (SSSR count). The van der Waals surface area contributed by atoms with Gasteiger partial charge >= 0.3 is 0 Å². The average molecular weight is 298 g/mol. The maximum Gasteiger partial charge on any atom is 0.248 e. The summed E-state index contributed by atoms with van der Waals surface area (Å²) in [6.07, 6.45) is 5.76. The normalized spacial score (nSPS) is 34.3. The Morgan fingerprint density at radius 3 is 2.50 bits per heavy atom. The predicted molar refractivity (Wildman–Crippen MR) is 82.7 cm³/mol. The van der Waals surface area contributed by atoms with Crippen LogP contribution in [-0.2, 0) is 9.59 Å². The van der Waals surface area contributed by atoms with Crippen LogP contribution in [0.15, 0.2) is 0 Å². The van der Waals surface area contributed by atoms with Crippen molar-refractivity contribution in [2.24, 2.45) is 5.92 Å². The van der Waals surface area contributed by atoms with E-state index in [1.807, 2.05) is 25.7 Å². The number of nitrogens with zero attached hydrogens (tertiary/aromatic N) is 1. The van der Waals surface area contributed by atoms with Crippen molar-refractivity contribution < 1.29 is 9.59 Å². The molecule has 1 aliphatic heterocycles. The quantitative estimate of drug-likeness (QED) is 0.763. The minimum atomic E-state index is -0.731. The van der Waals surface area contributed by atoms with Crippen LogP contribution in [0, 0.1) is 5.92 Å². The fourth-order valence-electron chi connectivity index (χ4n) is 3.05. The Hall–Kier alpha value is -0.710. The molecule has 4 nitrogen and oxygen atoms in total. The van der Waals surface area contributed by atoms with Crippen LogP contribution in [-0.4, -0.2) is 46.3 Å². The smallest absolute Gasteiger partial charge is 0.248 e. The number of carbonyl (C=O) groups is 2. The number of hydrogen-bond donors (Lipinski definition) is 1. The highest BCUT2D eigenvalue weighted by atomic mass is 32.2. The van der Waals surface area contributed by atoms with Gasteiger partial charge in [-0.3, -0.25) is 9.59 Å². The maximum absolute atomic E-state index is 12.9. The molecule has 0 spiro atoms. The highest BCUT2D eigenvalue weighted by Crippen LogP contribution is 2.46. The summed E-state index contributed by atoms with van der Waals surface area (Å²) < 4.78 is 0. The van der Waals surface area contributed by atoms with E-state index >= 15 is 0 Å². The molecule has 5 heteroatoms. The summed E-state index contributed by atoms with van der Waals surface area (Å²) >= 11 is 1.78. The number of rotatable bonds is 6. The lowest BCUT2D eigenvalue weighted by molar-refractivity contribution is -0.163. The zero-order chi connectivity index (χ0) is 15.0. The number of piperazine rings is 1. The van der Waals surface area contributed by atoms with Crippen LogP contribution in [0.5, 0.6) is 0 Å². The first-order chi connectivity index (χ1) is 9.40. The number of amides is 2. The van der Waals surface area contributed by atoms with Gasteiger partial charge in [0.25, 0.3) is 0 Å². The molecule has 0 radical (unpaired) electrons. The standard InChI is InChI=1S/C15H26N2O2S/c1-5-14(2)13(19)17(9-6-10-20-4)15(3,11-7-8-11)12(18)16-14/h11H,5-10H2,1-4H3,(H,16,18). The molecular formula is C15H26N2O2S. The first-order valence-electron chi connectivity index (χ1n) is 7.53. The Morgan fingerprint density at radius 1 is 1.35 bits per heavy atom. The topological polar surface area (TPSA) is 49.4 Å². The predicted octanol–water partition coefficient (Wildman–Crippen LogP) is 2.04. The minimum absolute atomic E-state index is 0.0353. The van der Waals surface area contributed by atoms with Gasteiger partial charge in [0.15, 0.2) is 0 Å². The van der Waals surface area contributed by atoms with Crippen LogP contribution in [0.4, 0.5) is 0 Å². The second-order valence-electron chi connectivity index (χ2n) is 6.36. The average Bonchev–Trinajstić information content (AvgIpc) is 3.25. The van der Waals surface area contributed by atoms with Crippen LogP contribution >= 0.6 is 11.8 Å². The van der Waals surface area contributed by atoms with E-state index in [9.17, 15) is 9.59 Å². The molecule has 1 aliphatic carbocycles. The lowest BCUT2D eigenvalue weighted by Gasteiger charge is -2.50. The Morgan fingerprint density at radius 2 is 2.00 bits per heavy atom. The molecule has 2 unspecified atom stereocenters. The Labute approximate surface area is 126 Å². The van der Waals surface area contributed by atoms with Gasteiger partial charge < -0.3 is 10.2 Å². The van der Waals surface area contributed by atoms with Gasteiger partial charge in [-0.05, 0) is 57.5 Å². The van der Waals surface area contributed by atoms with Crippen molar-refractivity contribution in [3.05, 3.63) is 0 Å². The van der Waals surface area contributed by atoms with Gasteiger partial charge in [-0.15, -0.1) is 0 Å². The third-order valence-corrected chi connectivity index (χ3v) is 5.63. The monoisotopic (exact) mass is 298 g/mol. The molecule has 20 heavy (non-hydrogen) atoms. The van der Waals surface area contributed by atoms with E-state index in [2.05, 4.69) is 11.6 Å². The van der Waals surface area contributed by atoms with E-state index in [1.54, 1.807) is 11.8 Å². The molecule has 0 aromatic rings. The number of hydrogen-bond acceptors (Lipinski definition) is 3. The Bertz CT molecular complexity index is 411. The first kappa shape index (κ1) is 15.7. The summed E-state index contributed by atoms with van der Waals surface area (Å²) in [5.74, 6) is 1.49. The molecule has 1 saturated carbocycles. The van der Waals surface area contributed by atoms with Crippen molar-refractivity contribution in [1.82, 2.24) is 10.2 Å². The summed E-state index contributed by atoms with van der Waals surface area (Å²) in [6, 6.07) is 0. The van der Waals surface area contributed by atoms with Gasteiger partial charge in [0, 0.05) is 6.54 Å². The highest BCUT2D eigenvalue weighted by molar-refractivity contribution is 7.98. The van der Waals surface area contributed by atoms with Crippen LogP contribution < -0.4 is 5.32 Å². The summed E-state index contributed by atoms with van der Waals surface area (Å²) in [5, 5.41) is 2.99. The second-order valence-corrected chi connectivity index (χ2v) is 7.35. The zero-order valence-electron chi connectivity index (χ0n) is 13.0. The maximum atomic E-state index is 12.9. The number of thioether (sulfide) groups is 1. The lowest BCUT2D eigenvalue weighted by Crippen LogP contribution is -2.74. The molecule has 2 fully saturated rings. The van der Waals surface area contributed by atoms with E-state index in [4.69, 9.17) is 0 Å². The van der Waals surface area contributed by atoms with Crippen LogP contribution in [0.2, 0.25) is 0 Å². The van der Waals surface area contributed by atoms with Crippen LogP contribution in [0.1, 0.15) is 46.5 Å². The van der Waals surface area contributed by atoms with Crippen molar-refractivity contribution in [3.63, 3.8) is 0 Å². The highest BCUT2D eigenvalue weighted by Gasteiger charge is 2.59. The molecule has 1 saturated heterocycles. The fraction of sp³-hybridized carbons (Fsp3) is 0.867. The molecule has 2 amide bonds. The number of nitrogens with one attached hydrogen (secondary N) is 1. The largest absolute Gasteiger partial charge is 0.340 e. The van der Waals surface area contributed by atoms with E-state index in [1.165, 1.54) is 0 Å². The van der Waals surface area contributed by atoms with Gasteiger partial charge in [-0.2, -0.15) is 11.8 Å². The van der Waals surface area contributed by atoms with Crippen LogP contribution in [0.25, 0.3) is 0 Å². The van der Waals surface area contributed by atoms with E-state index in [0.29, 0.717) is 18.9 Å². The minimum Gasteiger partial charge on any atom is -0.340 e. The molecular weight excluding hydrogens is 272 g/mol. The Balaban J connectivity index is 2.26. The molecule has 2 aliphatic rings. The summed E-state index contributed by atoms with van der Waals surface area (Å²) in [5.41, 5.74) is -1.37. The SMILES string of the molecule is CCC1(C)NC(=O)C(C)(C2CC2)N(CCCSC)C1=O. The molecule has 2 atom stereocenters. The van der Waals surface area contributed by atoms with Gasteiger partial charge in [0.1, 0.15) is 11.1 Å². The van der Waals surface area contributed by atoms with Crippen LogP contribution in [0.3, 0.4) is 0 Å². The third kappa shape index (κ3) is 2.45. The first-order valence-corrected chi connectivity index (χ1v) is 8.93. The third-order valence-electron chi connectivity index (χ3n) is 4.94. The van der Waals surface area contributed by atoms with Gasteiger partial charge in [-0.1, -0.05) is 6.92 Å². The molecule has 0 aromatic carbocycles. The summed E-state index contributed by atoms with van der Waals surface area (Å²) in [4.78, 5) is 27.4. The van der Waals surface area contributed by atoms with Crippen molar-refractivity contribution >= 4 is 23.6 Å². The molecule has 114 valence electrons. The van der Waals surface area contributed by atoms with E-state index < -0.39 is 11.1 Å². The van der Waals surface area contributed by atoms with E-state index in [0.717, 1.165) is 25.0 Å². The van der Waals surface area contributed by atoms with Gasteiger partial charge in [0.2, 0.25) is 11.8 Å². The lowest BCUT2D eigenvalue weighted by atomic mass is 9.82. The number of carbonyl (C=O) groups excluding carboxylic acids is 2. The van der Waals surface area contributed by atoms with Gasteiger partial charge in [0.05, 0.1) is 0 Å².